The summed E-state index contributed by atoms with van der Waals surface area (Å²) in [5.41, 5.74) is -0.344. The lowest BCUT2D eigenvalue weighted by molar-refractivity contribution is -0.274. The second-order valence-electron chi connectivity index (χ2n) is 7.43. The summed E-state index contributed by atoms with van der Waals surface area (Å²) in [6, 6.07) is 4.03. The molecule has 1 aliphatic rings. The summed E-state index contributed by atoms with van der Waals surface area (Å²) >= 11 is 0. The number of halogens is 3. The summed E-state index contributed by atoms with van der Waals surface area (Å²) < 4.78 is 41.4. The third kappa shape index (κ3) is 4.37. The van der Waals surface area contributed by atoms with E-state index in [4.69, 9.17) is 0 Å². The molecule has 1 aromatic rings. The van der Waals surface area contributed by atoms with Crippen molar-refractivity contribution in [2.24, 2.45) is 11.8 Å². The summed E-state index contributed by atoms with van der Waals surface area (Å²) in [6.07, 6.45) is -1.94. The minimum Gasteiger partial charge on any atom is -0.406 e. The number of alkyl halides is 3. The van der Waals surface area contributed by atoms with Crippen molar-refractivity contribution in [1.82, 2.24) is 0 Å². The van der Waals surface area contributed by atoms with Gasteiger partial charge in [0.2, 0.25) is 5.91 Å². The Bertz CT molecular complexity index is 677. The highest BCUT2D eigenvalue weighted by Gasteiger charge is 2.45. The van der Waals surface area contributed by atoms with Gasteiger partial charge in [-0.25, -0.2) is 0 Å². The van der Waals surface area contributed by atoms with Gasteiger partial charge in [0.1, 0.15) is 17.6 Å². The van der Waals surface area contributed by atoms with Crippen LogP contribution in [0, 0.1) is 18.8 Å². The number of carbonyl (C=O) groups excluding carboxylic acids is 2. The molecule has 1 fully saturated rings. The Hall–Kier alpha value is -2.05. The molecule has 7 heteroatoms. The van der Waals surface area contributed by atoms with Crippen LogP contribution in [0.4, 0.5) is 18.9 Å². The van der Waals surface area contributed by atoms with Crippen molar-refractivity contribution in [3.8, 4) is 5.75 Å². The van der Waals surface area contributed by atoms with Crippen molar-refractivity contribution in [2.45, 2.75) is 58.9 Å². The number of benzene rings is 1. The number of anilines is 1. The SMILES string of the molecule is CC(=O)N(c1ccc(OC(F)(F)F)c(C)c1)C1(C=O)CC(C)CC(C)C1. The minimum atomic E-state index is -4.79. The summed E-state index contributed by atoms with van der Waals surface area (Å²) in [5.74, 6) is -0.114. The maximum absolute atomic E-state index is 12.5. The fourth-order valence-corrected chi connectivity index (χ4v) is 4.24. The maximum Gasteiger partial charge on any atom is 0.573 e. The summed E-state index contributed by atoms with van der Waals surface area (Å²) in [5, 5.41) is 0. The van der Waals surface area contributed by atoms with Gasteiger partial charge >= 0.3 is 6.36 Å². The Morgan fingerprint density at radius 2 is 1.85 bits per heavy atom. The molecule has 0 aromatic heterocycles. The molecule has 0 heterocycles. The van der Waals surface area contributed by atoms with E-state index in [0.29, 0.717) is 18.5 Å². The van der Waals surface area contributed by atoms with Crippen molar-refractivity contribution in [1.29, 1.82) is 0 Å². The number of ether oxygens (including phenoxy) is 1. The first kappa shape index (κ1) is 20.3. The van der Waals surface area contributed by atoms with Gasteiger partial charge in [-0.15, -0.1) is 13.2 Å². The van der Waals surface area contributed by atoms with Crippen LogP contribution >= 0.6 is 0 Å². The predicted molar refractivity (Wildman–Crippen MR) is 92.0 cm³/mol. The summed E-state index contributed by atoms with van der Waals surface area (Å²) in [6.45, 7) is 6.92. The van der Waals surface area contributed by atoms with Crippen molar-refractivity contribution in [3.05, 3.63) is 23.8 Å². The fraction of sp³-hybridized carbons (Fsp3) is 0.579. The molecule has 2 rings (SSSR count). The van der Waals surface area contributed by atoms with Crippen molar-refractivity contribution >= 4 is 17.9 Å². The smallest absolute Gasteiger partial charge is 0.406 e. The molecule has 0 spiro atoms. The largest absolute Gasteiger partial charge is 0.573 e. The number of amides is 1. The Labute approximate surface area is 151 Å². The number of aldehydes is 1. The van der Waals surface area contributed by atoms with Crippen molar-refractivity contribution < 1.29 is 27.5 Å². The number of rotatable bonds is 4. The highest BCUT2D eigenvalue weighted by Crippen LogP contribution is 2.42. The molecule has 0 radical (unpaired) electrons. The van der Waals surface area contributed by atoms with E-state index in [-0.39, 0.29) is 29.1 Å². The molecule has 2 atom stereocenters. The highest BCUT2D eigenvalue weighted by atomic mass is 19.4. The Kier molecular flexibility index (Phi) is 5.68. The lowest BCUT2D eigenvalue weighted by Gasteiger charge is -2.46. The van der Waals surface area contributed by atoms with Gasteiger partial charge in [0, 0.05) is 12.6 Å². The first-order chi connectivity index (χ1) is 12.0. The number of nitrogens with zero attached hydrogens (tertiary/aromatic N) is 1. The van der Waals surface area contributed by atoms with E-state index >= 15 is 0 Å². The van der Waals surface area contributed by atoms with E-state index in [1.807, 2.05) is 13.8 Å². The standard InChI is InChI=1S/C19H24F3NO3/c1-12-7-13(2)10-18(9-12,11-24)23(15(4)25)16-5-6-17(14(3)8-16)26-19(20,21)22/h5-6,8,11-13H,7,9-10H2,1-4H3. The van der Waals surface area contributed by atoms with Crippen LogP contribution in [0.3, 0.4) is 0 Å². The molecule has 0 aliphatic heterocycles. The Balaban J connectivity index is 2.45. The van der Waals surface area contributed by atoms with E-state index in [9.17, 15) is 22.8 Å². The molecule has 26 heavy (non-hydrogen) atoms. The van der Waals surface area contributed by atoms with Crippen LogP contribution in [0.25, 0.3) is 0 Å². The first-order valence-corrected chi connectivity index (χ1v) is 8.61. The third-order valence-electron chi connectivity index (χ3n) is 4.83. The zero-order valence-corrected chi connectivity index (χ0v) is 15.4. The number of hydrogen-bond donors (Lipinski definition) is 0. The van der Waals surface area contributed by atoms with Gasteiger partial charge in [0.05, 0.1) is 0 Å². The van der Waals surface area contributed by atoms with Crippen LogP contribution in [0.15, 0.2) is 18.2 Å². The van der Waals surface area contributed by atoms with Crippen molar-refractivity contribution in [3.63, 3.8) is 0 Å². The molecule has 0 saturated heterocycles. The molecule has 4 nitrogen and oxygen atoms in total. The fourth-order valence-electron chi connectivity index (χ4n) is 4.24. The van der Waals surface area contributed by atoms with Gasteiger partial charge in [-0.1, -0.05) is 13.8 Å². The molecule has 0 N–H and O–H groups in total. The first-order valence-electron chi connectivity index (χ1n) is 8.61. The van der Waals surface area contributed by atoms with Gasteiger partial charge in [0.15, 0.2) is 0 Å². The average molecular weight is 371 g/mol. The van der Waals surface area contributed by atoms with E-state index in [2.05, 4.69) is 4.74 Å². The number of aryl methyl sites for hydroxylation is 1. The van der Waals surface area contributed by atoms with Crippen LogP contribution in [0.2, 0.25) is 0 Å². The predicted octanol–water partition coefficient (Wildman–Crippen LogP) is 4.64. The Morgan fingerprint density at radius 3 is 2.27 bits per heavy atom. The summed E-state index contributed by atoms with van der Waals surface area (Å²) in [7, 11) is 0. The minimum absolute atomic E-state index is 0.240. The van der Waals surface area contributed by atoms with Crippen molar-refractivity contribution in [2.75, 3.05) is 4.90 Å². The third-order valence-corrected chi connectivity index (χ3v) is 4.83. The molecule has 0 bridgehead atoms. The Morgan fingerprint density at radius 1 is 1.27 bits per heavy atom. The van der Waals surface area contributed by atoms with Crippen LogP contribution in [0.5, 0.6) is 5.75 Å². The quantitative estimate of drug-likeness (QED) is 0.725. The molecule has 1 amide bonds. The molecule has 144 valence electrons. The van der Waals surface area contributed by atoms with E-state index < -0.39 is 11.9 Å². The normalized spacial score (nSPS) is 26.3. The van der Waals surface area contributed by atoms with Crippen LogP contribution < -0.4 is 9.64 Å². The molecule has 1 aromatic carbocycles. The molecule has 1 saturated carbocycles. The van der Waals surface area contributed by atoms with Gasteiger partial charge < -0.3 is 9.53 Å². The van der Waals surface area contributed by atoms with E-state index in [1.54, 1.807) is 0 Å². The van der Waals surface area contributed by atoms with Crippen LogP contribution in [-0.2, 0) is 9.59 Å². The van der Waals surface area contributed by atoms with Crippen LogP contribution in [0.1, 0.15) is 45.6 Å². The monoisotopic (exact) mass is 371 g/mol. The lowest BCUT2D eigenvalue weighted by atomic mass is 9.71. The topological polar surface area (TPSA) is 46.6 Å². The van der Waals surface area contributed by atoms with Gasteiger partial charge in [-0.3, -0.25) is 9.69 Å². The molecule has 2 unspecified atom stereocenters. The van der Waals surface area contributed by atoms with Gasteiger partial charge in [0.25, 0.3) is 0 Å². The second-order valence-corrected chi connectivity index (χ2v) is 7.43. The number of carbonyl (C=O) groups is 2. The van der Waals surface area contributed by atoms with E-state index in [1.165, 1.54) is 36.9 Å². The zero-order chi connectivity index (χ0) is 19.7. The number of hydrogen-bond acceptors (Lipinski definition) is 3. The lowest BCUT2D eigenvalue weighted by Crippen LogP contribution is -2.56. The highest BCUT2D eigenvalue weighted by molar-refractivity contribution is 5.98. The average Bonchev–Trinajstić information content (AvgIpc) is 2.47. The second kappa shape index (κ2) is 7.29. The van der Waals surface area contributed by atoms with E-state index in [0.717, 1.165) is 12.7 Å². The van der Waals surface area contributed by atoms with Gasteiger partial charge in [-0.2, -0.15) is 0 Å². The summed E-state index contributed by atoms with van der Waals surface area (Å²) in [4.78, 5) is 25.9. The van der Waals surface area contributed by atoms with Crippen LogP contribution in [-0.4, -0.2) is 24.1 Å². The molecule has 1 aliphatic carbocycles. The zero-order valence-electron chi connectivity index (χ0n) is 15.4. The molecular formula is C19H24F3NO3. The maximum atomic E-state index is 12.5. The van der Waals surface area contributed by atoms with Gasteiger partial charge in [-0.05, 0) is 61.8 Å². The molecular weight excluding hydrogens is 347 g/mol.